The highest BCUT2D eigenvalue weighted by atomic mass is 15.0. The van der Waals surface area contributed by atoms with E-state index in [1.165, 1.54) is 0 Å². The van der Waals surface area contributed by atoms with Crippen LogP contribution in [-0.4, -0.2) is 14.4 Å². The lowest BCUT2D eigenvalue weighted by molar-refractivity contribution is 1.15. The van der Waals surface area contributed by atoms with Gasteiger partial charge in [-0.2, -0.15) is 0 Å². The molecular formula is C12H9N3. The number of pyridine rings is 2. The van der Waals surface area contributed by atoms with Crippen molar-refractivity contribution in [2.45, 2.75) is 0 Å². The number of hydrogen-bond donors (Lipinski definition) is 0. The Kier molecular flexibility index (Phi) is 1.75. The Morgan fingerprint density at radius 2 is 2.00 bits per heavy atom. The van der Waals surface area contributed by atoms with Gasteiger partial charge in [-0.3, -0.25) is 9.38 Å². The summed E-state index contributed by atoms with van der Waals surface area (Å²) in [5.41, 5.74) is 2.13. The second-order valence-corrected chi connectivity index (χ2v) is 3.32. The average molecular weight is 195 g/mol. The van der Waals surface area contributed by atoms with E-state index < -0.39 is 0 Å². The zero-order valence-corrected chi connectivity index (χ0v) is 8.04. The summed E-state index contributed by atoms with van der Waals surface area (Å²) in [6.45, 7) is 0. The number of hydrogen-bond acceptors (Lipinski definition) is 2. The quantitative estimate of drug-likeness (QED) is 0.596. The molecule has 0 N–H and O–H groups in total. The lowest BCUT2D eigenvalue weighted by atomic mass is 10.3. The van der Waals surface area contributed by atoms with Gasteiger partial charge in [-0.25, -0.2) is 4.98 Å². The van der Waals surface area contributed by atoms with Crippen LogP contribution >= 0.6 is 0 Å². The minimum Gasteiger partial charge on any atom is -0.300 e. The standard InChI is InChI=1S/C12H9N3/c1-2-7-15-11(5-1)9-14-12(15)10-4-3-6-13-8-10/h1-9H. The van der Waals surface area contributed by atoms with Crippen molar-refractivity contribution in [1.29, 1.82) is 0 Å². The second kappa shape index (κ2) is 3.20. The van der Waals surface area contributed by atoms with Crippen LogP contribution in [0.5, 0.6) is 0 Å². The van der Waals surface area contributed by atoms with Crippen LogP contribution < -0.4 is 0 Å². The first-order chi connectivity index (χ1) is 7.45. The molecule has 0 saturated carbocycles. The molecule has 0 aromatic carbocycles. The largest absolute Gasteiger partial charge is 0.300 e. The zero-order chi connectivity index (χ0) is 10.1. The van der Waals surface area contributed by atoms with Crippen LogP contribution in [0.3, 0.4) is 0 Å². The highest BCUT2D eigenvalue weighted by Crippen LogP contribution is 2.17. The molecule has 0 amide bonds. The molecule has 3 heterocycles. The van der Waals surface area contributed by atoms with Gasteiger partial charge in [0.2, 0.25) is 0 Å². The van der Waals surface area contributed by atoms with Gasteiger partial charge in [0.25, 0.3) is 0 Å². The Balaban J connectivity index is 2.28. The fourth-order valence-corrected chi connectivity index (χ4v) is 1.65. The van der Waals surface area contributed by atoms with Gasteiger partial charge in [0, 0.05) is 24.2 Å². The summed E-state index contributed by atoms with van der Waals surface area (Å²) >= 11 is 0. The molecule has 3 aromatic heterocycles. The van der Waals surface area contributed by atoms with Gasteiger partial charge in [-0.05, 0) is 24.3 Å². The second-order valence-electron chi connectivity index (χ2n) is 3.32. The Morgan fingerprint density at radius 1 is 1.00 bits per heavy atom. The van der Waals surface area contributed by atoms with Crippen LogP contribution in [0.4, 0.5) is 0 Å². The Bertz CT molecular complexity index is 584. The predicted octanol–water partition coefficient (Wildman–Crippen LogP) is 2.40. The molecule has 0 bridgehead atoms. The molecule has 3 rings (SSSR count). The molecule has 3 heteroatoms. The van der Waals surface area contributed by atoms with Crippen LogP contribution in [0.15, 0.2) is 55.1 Å². The molecule has 0 aliphatic carbocycles. The monoisotopic (exact) mass is 195 g/mol. The van der Waals surface area contributed by atoms with Gasteiger partial charge in [-0.1, -0.05) is 6.07 Å². The van der Waals surface area contributed by atoms with E-state index in [1.807, 2.05) is 48.9 Å². The third kappa shape index (κ3) is 1.29. The number of rotatable bonds is 1. The van der Waals surface area contributed by atoms with Gasteiger partial charge < -0.3 is 0 Å². The number of aromatic nitrogens is 3. The topological polar surface area (TPSA) is 30.2 Å². The Labute approximate surface area is 87.0 Å². The van der Waals surface area contributed by atoms with Crippen molar-refractivity contribution in [2.75, 3.05) is 0 Å². The fraction of sp³-hybridized carbons (Fsp3) is 0. The molecule has 3 aromatic rings. The minimum absolute atomic E-state index is 0.929. The smallest absolute Gasteiger partial charge is 0.146 e. The van der Waals surface area contributed by atoms with E-state index in [9.17, 15) is 0 Å². The average Bonchev–Trinajstić information content (AvgIpc) is 2.74. The summed E-state index contributed by atoms with van der Waals surface area (Å²) in [5, 5.41) is 0. The lowest BCUT2D eigenvalue weighted by Gasteiger charge is -1.99. The Hall–Kier alpha value is -2.16. The van der Waals surface area contributed by atoms with Gasteiger partial charge in [0.15, 0.2) is 0 Å². The van der Waals surface area contributed by atoms with E-state index in [-0.39, 0.29) is 0 Å². The molecule has 0 radical (unpaired) electrons. The third-order valence-electron chi connectivity index (χ3n) is 2.36. The van der Waals surface area contributed by atoms with Gasteiger partial charge in [0.1, 0.15) is 5.82 Å². The SMILES string of the molecule is c1cncc(-c2ncc3ccccn23)c1. The first-order valence-corrected chi connectivity index (χ1v) is 4.77. The van der Waals surface area contributed by atoms with Gasteiger partial charge in [-0.15, -0.1) is 0 Å². The normalized spacial score (nSPS) is 10.7. The van der Waals surface area contributed by atoms with E-state index in [0.29, 0.717) is 0 Å². The summed E-state index contributed by atoms with van der Waals surface area (Å²) in [7, 11) is 0. The Morgan fingerprint density at radius 3 is 2.87 bits per heavy atom. The number of nitrogens with zero attached hydrogens (tertiary/aromatic N) is 3. The minimum atomic E-state index is 0.929. The molecule has 0 atom stereocenters. The summed E-state index contributed by atoms with van der Waals surface area (Å²) in [5.74, 6) is 0.929. The molecule has 0 aliphatic rings. The maximum absolute atomic E-state index is 4.39. The molecule has 0 unspecified atom stereocenters. The maximum Gasteiger partial charge on any atom is 0.146 e. The first kappa shape index (κ1) is 8.17. The number of fused-ring (bicyclic) bond motifs is 1. The zero-order valence-electron chi connectivity index (χ0n) is 8.04. The molecule has 3 nitrogen and oxygen atoms in total. The van der Waals surface area contributed by atoms with E-state index >= 15 is 0 Å². The van der Waals surface area contributed by atoms with Crippen molar-refractivity contribution in [3.8, 4) is 11.4 Å². The summed E-state index contributed by atoms with van der Waals surface area (Å²) in [6, 6.07) is 9.96. The molecule has 72 valence electrons. The van der Waals surface area contributed by atoms with Crippen molar-refractivity contribution in [3.05, 3.63) is 55.1 Å². The molecule has 15 heavy (non-hydrogen) atoms. The van der Waals surface area contributed by atoms with Gasteiger partial charge in [0.05, 0.1) is 11.7 Å². The highest BCUT2D eigenvalue weighted by molar-refractivity contribution is 5.61. The van der Waals surface area contributed by atoms with E-state index in [2.05, 4.69) is 14.4 Å². The molecule has 0 fully saturated rings. The summed E-state index contributed by atoms with van der Waals surface area (Å²) in [4.78, 5) is 8.48. The van der Waals surface area contributed by atoms with Crippen LogP contribution in [0.1, 0.15) is 0 Å². The fourth-order valence-electron chi connectivity index (χ4n) is 1.65. The molecule has 0 aliphatic heterocycles. The molecule has 0 saturated heterocycles. The summed E-state index contributed by atoms with van der Waals surface area (Å²) < 4.78 is 2.05. The predicted molar refractivity (Wildman–Crippen MR) is 58.4 cm³/mol. The van der Waals surface area contributed by atoms with Crippen molar-refractivity contribution >= 4 is 5.52 Å². The first-order valence-electron chi connectivity index (χ1n) is 4.77. The third-order valence-corrected chi connectivity index (χ3v) is 2.36. The van der Waals surface area contributed by atoms with E-state index in [0.717, 1.165) is 16.9 Å². The lowest BCUT2D eigenvalue weighted by Crippen LogP contribution is -1.88. The van der Waals surface area contributed by atoms with Crippen LogP contribution in [0, 0.1) is 0 Å². The van der Waals surface area contributed by atoms with Crippen LogP contribution in [0.25, 0.3) is 16.9 Å². The van der Waals surface area contributed by atoms with Crippen molar-refractivity contribution in [3.63, 3.8) is 0 Å². The maximum atomic E-state index is 4.39. The molecular weight excluding hydrogens is 186 g/mol. The summed E-state index contributed by atoms with van der Waals surface area (Å²) in [6.07, 6.45) is 7.45. The van der Waals surface area contributed by atoms with E-state index in [1.54, 1.807) is 6.20 Å². The molecule has 0 spiro atoms. The van der Waals surface area contributed by atoms with Crippen LogP contribution in [0.2, 0.25) is 0 Å². The van der Waals surface area contributed by atoms with Gasteiger partial charge >= 0.3 is 0 Å². The number of imidazole rings is 1. The van der Waals surface area contributed by atoms with Crippen molar-refractivity contribution in [1.82, 2.24) is 14.4 Å². The van der Waals surface area contributed by atoms with Crippen molar-refractivity contribution in [2.24, 2.45) is 0 Å². The van der Waals surface area contributed by atoms with E-state index in [4.69, 9.17) is 0 Å². The van der Waals surface area contributed by atoms with Crippen LogP contribution in [-0.2, 0) is 0 Å². The highest BCUT2D eigenvalue weighted by Gasteiger charge is 2.04. The van der Waals surface area contributed by atoms with Crippen molar-refractivity contribution < 1.29 is 0 Å².